The molecule has 0 saturated carbocycles. The van der Waals surface area contributed by atoms with Gasteiger partial charge in [-0.25, -0.2) is 40.0 Å². The van der Waals surface area contributed by atoms with Crippen LogP contribution in [0, 0.1) is 16.7 Å². The molecule has 2 aliphatic rings. The van der Waals surface area contributed by atoms with Gasteiger partial charge in [-0.2, -0.15) is 5.26 Å². The van der Waals surface area contributed by atoms with E-state index in [0.29, 0.717) is 0 Å². The lowest BCUT2D eigenvalue weighted by atomic mass is 9.72. The number of allylic oxidation sites excluding steroid dienone is 2. The quantitative estimate of drug-likeness (QED) is 0.357. The summed E-state index contributed by atoms with van der Waals surface area (Å²) in [7, 11) is 2.16. The van der Waals surface area contributed by atoms with E-state index in [0.717, 1.165) is 24.2 Å². The first-order valence-corrected chi connectivity index (χ1v) is 11.2. The Morgan fingerprint density at radius 2 is 1.14 bits per heavy atom. The Kier molecular flexibility index (Phi) is 7.48. The number of fused-ring (bicyclic) bond motifs is 1. The second kappa shape index (κ2) is 9.47. The highest BCUT2D eigenvalue weighted by Gasteiger charge is 2.75. The maximum absolute atomic E-state index is 13.1. The van der Waals surface area contributed by atoms with E-state index in [4.69, 9.17) is 24.7 Å². The molecule has 0 aromatic carbocycles. The smallest absolute Gasteiger partial charge is 0.426 e. The van der Waals surface area contributed by atoms with Gasteiger partial charge in [-0.05, 0) is 55.4 Å². The average molecular weight is 523 g/mol. The second-order valence-corrected chi connectivity index (χ2v) is 10.4. The molecule has 37 heavy (non-hydrogen) atoms. The van der Waals surface area contributed by atoms with Gasteiger partial charge in [0.15, 0.2) is 5.41 Å². The topological polar surface area (TPSA) is 186 Å². The molecule has 0 bridgehead atoms. The minimum atomic E-state index is -2.32. The Morgan fingerprint density at radius 3 is 1.38 bits per heavy atom. The van der Waals surface area contributed by atoms with Gasteiger partial charge in [0, 0.05) is 11.4 Å². The van der Waals surface area contributed by atoms with Gasteiger partial charge >= 0.3 is 24.1 Å². The average Bonchev–Trinajstić information content (AvgIpc) is 3.05. The first-order chi connectivity index (χ1) is 16.8. The predicted octanol–water partition coefficient (Wildman–Crippen LogP) is 1.51. The molecule has 0 aromatic heterocycles. The molecule has 14 nitrogen and oxygen atoms in total. The summed E-state index contributed by atoms with van der Waals surface area (Å²) in [5.41, 5.74) is 6.76. The van der Waals surface area contributed by atoms with E-state index in [1.54, 1.807) is 41.5 Å². The predicted molar refractivity (Wildman–Crippen MR) is 127 cm³/mol. The van der Waals surface area contributed by atoms with E-state index in [2.05, 4.69) is 10.9 Å². The Morgan fingerprint density at radius 1 is 0.811 bits per heavy atom. The molecule has 204 valence electrons. The molecule has 0 fully saturated rings. The van der Waals surface area contributed by atoms with E-state index in [1.807, 2.05) is 6.07 Å². The third-order valence-electron chi connectivity index (χ3n) is 5.53. The molecule has 0 radical (unpaired) electrons. The number of carbonyl (C=O) groups is 4. The van der Waals surface area contributed by atoms with Crippen LogP contribution < -0.4 is 16.6 Å². The number of carbonyl (C=O) groups excluding carboxylic acids is 4. The van der Waals surface area contributed by atoms with Crippen LogP contribution in [-0.4, -0.2) is 65.4 Å². The van der Waals surface area contributed by atoms with Crippen molar-refractivity contribution < 1.29 is 38.1 Å². The second-order valence-electron chi connectivity index (χ2n) is 10.4. The highest BCUT2D eigenvalue weighted by Crippen LogP contribution is 2.59. The number of methoxy groups -OCH3 is 2. The summed E-state index contributed by atoms with van der Waals surface area (Å²) in [6.45, 7) is 12.5. The van der Waals surface area contributed by atoms with Crippen molar-refractivity contribution in [2.45, 2.75) is 72.4 Å². The number of nitrogens with zero attached hydrogens (tertiary/aromatic N) is 3. The van der Waals surface area contributed by atoms with E-state index in [1.165, 1.54) is 13.8 Å². The van der Waals surface area contributed by atoms with E-state index >= 15 is 0 Å². The minimum Gasteiger partial charge on any atom is -0.466 e. The number of hydrogen-bond donors (Lipinski definition) is 3. The summed E-state index contributed by atoms with van der Waals surface area (Å²) in [5.74, 6) is -4.33. The number of nitrogens with one attached hydrogen (secondary N) is 2. The van der Waals surface area contributed by atoms with E-state index in [9.17, 15) is 24.4 Å². The standard InChI is InChI=1S/C23H34N6O8/c1-12-14(16(30)34-9)22(11-24)15(17(31)35-10)13(2)29(27-19(33)37-21(6,7)8)23(22,25)28(12)26-18(32)36-20(3,4)5/h25H2,1-10H3,(H,26,32)(H,27,33). The first-order valence-electron chi connectivity index (χ1n) is 11.2. The number of nitriles is 1. The fourth-order valence-electron chi connectivity index (χ4n) is 4.33. The largest absolute Gasteiger partial charge is 0.466 e. The molecule has 4 N–H and O–H groups in total. The molecule has 0 atom stereocenters. The van der Waals surface area contributed by atoms with Gasteiger partial charge in [0.1, 0.15) is 11.2 Å². The van der Waals surface area contributed by atoms with E-state index in [-0.39, 0.29) is 22.5 Å². The Balaban J connectivity index is 2.86. The summed E-state index contributed by atoms with van der Waals surface area (Å²) in [4.78, 5) is 51.7. The molecule has 0 saturated heterocycles. The first kappa shape index (κ1) is 29.2. The Bertz CT molecular complexity index is 1050. The number of nitrogens with two attached hydrogens (primary N) is 1. The Labute approximate surface area is 215 Å². The third-order valence-corrected chi connectivity index (χ3v) is 5.53. The fraction of sp³-hybridized carbons (Fsp3) is 0.609. The van der Waals surface area contributed by atoms with Crippen LogP contribution in [0.5, 0.6) is 0 Å². The number of ether oxygens (including phenoxy) is 4. The van der Waals surface area contributed by atoms with Crippen LogP contribution in [0.4, 0.5) is 9.59 Å². The highest BCUT2D eigenvalue weighted by atomic mass is 16.6. The van der Waals surface area contributed by atoms with Gasteiger partial charge in [0.25, 0.3) is 0 Å². The van der Waals surface area contributed by atoms with Gasteiger partial charge in [0.05, 0.1) is 31.4 Å². The number of hydrazine groups is 2. The van der Waals surface area contributed by atoms with Crippen LogP contribution in [0.3, 0.4) is 0 Å². The molecule has 0 spiro atoms. The zero-order valence-corrected chi connectivity index (χ0v) is 22.7. The molecule has 0 unspecified atom stereocenters. The molecule has 2 heterocycles. The van der Waals surface area contributed by atoms with Crippen LogP contribution in [0.15, 0.2) is 22.5 Å². The van der Waals surface area contributed by atoms with Crippen LogP contribution >= 0.6 is 0 Å². The van der Waals surface area contributed by atoms with Crippen molar-refractivity contribution in [1.29, 1.82) is 5.26 Å². The fourth-order valence-corrected chi connectivity index (χ4v) is 4.33. The summed E-state index contributed by atoms with van der Waals surface area (Å²) in [5, 5.41) is 12.5. The molecular weight excluding hydrogens is 488 g/mol. The molecular formula is C23H34N6O8. The number of amides is 2. The van der Waals surface area contributed by atoms with Crippen molar-refractivity contribution >= 4 is 24.1 Å². The molecule has 0 aromatic rings. The summed E-state index contributed by atoms with van der Waals surface area (Å²) in [6.07, 6.45) is -1.98. The molecule has 14 heteroatoms. The van der Waals surface area contributed by atoms with Gasteiger partial charge in [-0.3, -0.25) is 5.73 Å². The monoisotopic (exact) mass is 522 g/mol. The highest BCUT2D eigenvalue weighted by molar-refractivity contribution is 6.02. The summed E-state index contributed by atoms with van der Waals surface area (Å²) < 4.78 is 20.5. The van der Waals surface area contributed by atoms with Gasteiger partial charge in [-0.1, -0.05) is 0 Å². The SMILES string of the molecule is COC(=O)C1=C(C)N(NC(=O)OC(C)(C)C)C2(N)N(NC(=O)OC(C)(C)C)C(C)=C(C(=O)OC)C12C#N. The molecule has 2 rings (SSSR count). The number of esters is 2. The van der Waals surface area contributed by atoms with Crippen molar-refractivity contribution in [3.63, 3.8) is 0 Å². The summed E-state index contributed by atoms with van der Waals surface area (Å²) >= 11 is 0. The van der Waals surface area contributed by atoms with Gasteiger partial charge in [0.2, 0.25) is 5.79 Å². The van der Waals surface area contributed by atoms with Crippen LogP contribution in [0.1, 0.15) is 55.4 Å². The van der Waals surface area contributed by atoms with Crippen LogP contribution in [0.25, 0.3) is 0 Å². The number of rotatable bonds is 4. The lowest BCUT2D eigenvalue weighted by Gasteiger charge is -2.46. The van der Waals surface area contributed by atoms with Crippen molar-refractivity contribution in [3.8, 4) is 6.07 Å². The van der Waals surface area contributed by atoms with Crippen LogP contribution in [-0.2, 0) is 28.5 Å². The van der Waals surface area contributed by atoms with Gasteiger partial charge < -0.3 is 18.9 Å². The van der Waals surface area contributed by atoms with Crippen molar-refractivity contribution in [2.24, 2.45) is 11.1 Å². The summed E-state index contributed by atoms with van der Waals surface area (Å²) in [6, 6.07) is 1.96. The zero-order chi connectivity index (χ0) is 28.7. The number of hydrogen-bond acceptors (Lipinski definition) is 12. The molecule has 2 aliphatic heterocycles. The lowest BCUT2D eigenvalue weighted by molar-refractivity contribution is -0.139. The third kappa shape index (κ3) is 4.74. The molecule has 2 amide bonds. The van der Waals surface area contributed by atoms with Crippen molar-refractivity contribution in [2.75, 3.05) is 14.2 Å². The normalized spacial score (nSPS) is 23.3. The van der Waals surface area contributed by atoms with Crippen molar-refractivity contribution in [1.82, 2.24) is 20.9 Å². The zero-order valence-electron chi connectivity index (χ0n) is 22.7. The van der Waals surface area contributed by atoms with E-state index < -0.39 is 46.5 Å². The molecule has 0 aliphatic carbocycles. The lowest BCUT2D eigenvalue weighted by Crippen LogP contribution is -2.75. The van der Waals surface area contributed by atoms with Crippen LogP contribution in [0.2, 0.25) is 0 Å². The maximum atomic E-state index is 13.1. The maximum Gasteiger partial charge on any atom is 0.426 e. The van der Waals surface area contributed by atoms with Crippen molar-refractivity contribution in [3.05, 3.63) is 22.5 Å². The minimum absolute atomic E-state index is 0.0494. The van der Waals surface area contributed by atoms with Gasteiger partial charge in [-0.15, -0.1) is 0 Å². The Hall–Kier alpha value is -3.99.